The van der Waals surface area contributed by atoms with Gasteiger partial charge in [0, 0.05) is 8.95 Å². The highest BCUT2D eigenvalue weighted by Gasteiger charge is 2.32. The first-order valence-electron chi connectivity index (χ1n) is 3.84. The second-order valence-electron chi connectivity index (χ2n) is 3.11. The number of hydrogen-bond acceptors (Lipinski definition) is 2. The van der Waals surface area contributed by atoms with Crippen LogP contribution in [-0.4, -0.2) is 11.1 Å². The number of aliphatic carboxylic acids is 1. The molecule has 0 amide bonds. The SMILES string of the molecule is C[C@@](N)(C(=O)O)c1cccc(Br)c1Br. The standard InChI is InChI=1S/C9H9Br2NO2/c1-9(12,8(13)14)5-3-2-4-6(10)7(5)11/h2-4H,12H2,1H3,(H,13,14)/t9-/m0/s1. The lowest BCUT2D eigenvalue weighted by molar-refractivity contribution is -0.143. The molecule has 0 unspecified atom stereocenters. The van der Waals surface area contributed by atoms with Gasteiger partial charge in [-0.2, -0.15) is 0 Å². The van der Waals surface area contributed by atoms with Crippen molar-refractivity contribution in [2.24, 2.45) is 5.73 Å². The van der Waals surface area contributed by atoms with Gasteiger partial charge in [-0.25, -0.2) is 4.79 Å². The summed E-state index contributed by atoms with van der Waals surface area (Å²) in [7, 11) is 0. The van der Waals surface area contributed by atoms with E-state index in [4.69, 9.17) is 10.8 Å². The molecule has 0 saturated heterocycles. The van der Waals surface area contributed by atoms with E-state index in [0.29, 0.717) is 10.0 Å². The molecule has 0 aliphatic heterocycles. The predicted octanol–water partition coefficient (Wildman–Crippen LogP) is 2.47. The highest BCUT2D eigenvalue weighted by molar-refractivity contribution is 9.13. The molecule has 0 heterocycles. The van der Waals surface area contributed by atoms with Gasteiger partial charge in [-0.05, 0) is 50.4 Å². The maximum absolute atomic E-state index is 10.9. The molecule has 1 atom stereocenters. The smallest absolute Gasteiger partial charge is 0.328 e. The normalized spacial score (nSPS) is 14.9. The number of carbonyl (C=O) groups is 1. The predicted molar refractivity (Wildman–Crippen MR) is 61.0 cm³/mol. The Balaban J connectivity index is 3.33. The second-order valence-corrected chi connectivity index (χ2v) is 4.76. The molecule has 0 aliphatic rings. The van der Waals surface area contributed by atoms with Crippen molar-refractivity contribution in [2.45, 2.75) is 12.5 Å². The van der Waals surface area contributed by atoms with E-state index in [1.54, 1.807) is 12.1 Å². The van der Waals surface area contributed by atoms with Crippen molar-refractivity contribution in [1.82, 2.24) is 0 Å². The minimum Gasteiger partial charge on any atom is -0.480 e. The molecule has 1 aromatic rings. The number of halogens is 2. The van der Waals surface area contributed by atoms with Crippen molar-refractivity contribution in [1.29, 1.82) is 0 Å². The minimum absolute atomic E-state index is 0.541. The van der Waals surface area contributed by atoms with Gasteiger partial charge in [0.05, 0.1) is 0 Å². The number of carboxylic acid groups (broad SMARTS) is 1. The first kappa shape index (κ1) is 11.7. The first-order chi connectivity index (χ1) is 6.37. The van der Waals surface area contributed by atoms with Crippen LogP contribution in [0.4, 0.5) is 0 Å². The fourth-order valence-corrected chi connectivity index (χ4v) is 2.06. The van der Waals surface area contributed by atoms with E-state index in [9.17, 15) is 4.79 Å². The molecule has 0 spiro atoms. The summed E-state index contributed by atoms with van der Waals surface area (Å²) in [6.07, 6.45) is 0. The molecule has 0 radical (unpaired) electrons. The maximum Gasteiger partial charge on any atom is 0.328 e. The van der Waals surface area contributed by atoms with Gasteiger partial charge < -0.3 is 10.8 Å². The van der Waals surface area contributed by atoms with Crippen LogP contribution in [0.5, 0.6) is 0 Å². The lowest BCUT2D eigenvalue weighted by Crippen LogP contribution is -2.42. The molecule has 5 heteroatoms. The second kappa shape index (κ2) is 4.00. The third kappa shape index (κ3) is 1.99. The van der Waals surface area contributed by atoms with Crippen molar-refractivity contribution in [3.05, 3.63) is 32.7 Å². The van der Waals surface area contributed by atoms with Gasteiger partial charge in [0.2, 0.25) is 0 Å². The molecule has 3 nitrogen and oxygen atoms in total. The van der Waals surface area contributed by atoms with Gasteiger partial charge in [-0.3, -0.25) is 0 Å². The number of carboxylic acids is 1. The van der Waals surface area contributed by atoms with Gasteiger partial charge in [0.25, 0.3) is 0 Å². The molecule has 0 bridgehead atoms. The zero-order valence-corrected chi connectivity index (χ0v) is 10.6. The highest BCUT2D eigenvalue weighted by Crippen LogP contribution is 2.32. The first-order valence-corrected chi connectivity index (χ1v) is 5.42. The Morgan fingerprint density at radius 2 is 2.07 bits per heavy atom. The van der Waals surface area contributed by atoms with Crippen LogP contribution in [-0.2, 0) is 10.3 Å². The molecule has 3 N–H and O–H groups in total. The van der Waals surface area contributed by atoms with Gasteiger partial charge in [0.15, 0.2) is 0 Å². The summed E-state index contributed by atoms with van der Waals surface area (Å²) < 4.78 is 1.46. The Kier molecular flexibility index (Phi) is 3.34. The van der Waals surface area contributed by atoms with Gasteiger partial charge in [-0.1, -0.05) is 12.1 Å². The zero-order chi connectivity index (χ0) is 10.9. The van der Waals surface area contributed by atoms with E-state index >= 15 is 0 Å². The van der Waals surface area contributed by atoms with Crippen LogP contribution in [0.3, 0.4) is 0 Å². The monoisotopic (exact) mass is 321 g/mol. The van der Waals surface area contributed by atoms with Crippen molar-refractivity contribution in [3.8, 4) is 0 Å². The number of benzene rings is 1. The molecule has 14 heavy (non-hydrogen) atoms. The average Bonchev–Trinajstić information content (AvgIpc) is 2.09. The van der Waals surface area contributed by atoms with Crippen LogP contribution < -0.4 is 5.73 Å². The Morgan fingerprint density at radius 1 is 1.50 bits per heavy atom. The zero-order valence-electron chi connectivity index (χ0n) is 7.42. The molecular formula is C9H9Br2NO2. The van der Waals surface area contributed by atoms with E-state index in [1.165, 1.54) is 6.92 Å². The third-order valence-electron chi connectivity index (χ3n) is 1.96. The van der Waals surface area contributed by atoms with Crippen LogP contribution in [0.2, 0.25) is 0 Å². The van der Waals surface area contributed by atoms with Crippen LogP contribution in [0, 0.1) is 0 Å². The van der Waals surface area contributed by atoms with E-state index in [0.717, 1.165) is 4.47 Å². The van der Waals surface area contributed by atoms with Gasteiger partial charge >= 0.3 is 5.97 Å². The summed E-state index contributed by atoms with van der Waals surface area (Å²) in [5, 5.41) is 8.95. The van der Waals surface area contributed by atoms with Crippen molar-refractivity contribution in [3.63, 3.8) is 0 Å². The average molecular weight is 323 g/mol. The molecule has 0 saturated carbocycles. The lowest BCUT2D eigenvalue weighted by atomic mass is 9.94. The van der Waals surface area contributed by atoms with E-state index in [1.807, 2.05) is 6.07 Å². The van der Waals surface area contributed by atoms with Crippen LogP contribution in [0.15, 0.2) is 27.1 Å². The Morgan fingerprint density at radius 3 is 2.57 bits per heavy atom. The molecule has 0 aromatic heterocycles. The van der Waals surface area contributed by atoms with Crippen LogP contribution in [0.1, 0.15) is 12.5 Å². The van der Waals surface area contributed by atoms with Gasteiger partial charge in [0.1, 0.15) is 5.54 Å². The number of nitrogens with two attached hydrogens (primary N) is 1. The fourth-order valence-electron chi connectivity index (χ4n) is 1.02. The highest BCUT2D eigenvalue weighted by atomic mass is 79.9. The summed E-state index contributed by atoms with van der Waals surface area (Å²) in [6.45, 7) is 1.46. The topological polar surface area (TPSA) is 63.3 Å². The minimum atomic E-state index is -1.39. The lowest BCUT2D eigenvalue weighted by Gasteiger charge is -2.21. The molecule has 0 fully saturated rings. The Hall–Kier alpha value is -0.390. The van der Waals surface area contributed by atoms with E-state index in [-0.39, 0.29) is 0 Å². The Bertz CT molecular complexity index is 377. The van der Waals surface area contributed by atoms with Gasteiger partial charge in [-0.15, -0.1) is 0 Å². The molecule has 0 aliphatic carbocycles. The van der Waals surface area contributed by atoms with Crippen molar-refractivity contribution < 1.29 is 9.90 Å². The summed E-state index contributed by atoms with van der Waals surface area (Å²) in [5.41, 5.74) is 4.85. The Labute approximate surface area is 98.6 Å². The third-order valence-corrected chi connectivity index (χ3v) is 4.00. The summed E-state index contributed by atoms with van der Waals surface area (Å²) >= 11 is 6.59. The summed E-state index contributed by atoms with van der Waals surface area (Å²) in [6, 6.07) is 5.24. The summed E-state index contributed by atoms with van der Waals surface area (Å²) in [4.78, 5) is 10.9. The van der Waals surface area contributed by atoms with Crippen LogP contribution in [0.25, 0.3) is 0 Å². The fraction of sp³-hybridized carbons (Fsp3) is 0.222. The van der Waals surface area contributed by atoms with Crippen molar-refractivity contribution in [2.75, 3.05) is 0 Å². The summed E-state index contributed by atoms with van der Waals surface area (Å²) in [5.74, 6) is -1.06. The molecule has 1 aromatic carbocycles. The quantitative estimate of drug-likeness (QED) is 0.879. The largest absolute Gasteiger partial charge is 0.480 e. The van der Waals surface area contributed by atoms with Crippen molar-refractivity contribution >= 4 is 37.8 Å². The number of rotatable bonds is 2. The molecule has 1 rings (SSSR count). The maximum atomic E-state index is 10.9. The molecule has 76 valence electrons. The molecular weight excluding hydrogens is 314 g/mol. The van der Waals surface area contributed by atoms with Crippen LogP contribution >= 0.6 is 31.9 Å². The van der Waals surface area contributed by atoms with E-state index in [2.05, 4.69) is 31.9 Å². The van der Waals surface area contributed by atoms with E-state index < -0.39 is 11.5 Å². The number of hydrogen-bond donors (Lipinski definition) is 2.